The molecule has 1 fully saturated rings. The summed E-state index contributed by atoms with van der Waals surface area (Å²) in [6, 6.07) is 2.18. The first-order chi connectivity index (χ1) is 10.0. The van der Waals surface area contributed by atoms with Crippen LogP contribution in [0.3, 0.4) is 0 Å². The van der Waals surface area contributed by atoms with Crippen molar-refractivity contribution in [2.75, 3.05) is 44.4 Å². The molecule has 5 nitrogen and oxygen atoms in total. The number of fused-ring (bicyclic) bond motifs is 1. The molecule has 0 bridgehead atoms. The number of nitrogens with zero attached hydrogens (tertiary/aromatic N) is 4. The second-order valence-electron chi connectivity index (χ2n) is 6.17. The molecule has 3 rings (SSSR count). The number of nitrogens with two attached hydrogens (primary N) is 1. The average molecular weight is 305 g/mol. The van der Waals surface area contributed by atoms with Crippen LogP contribution in [0.1, 0.15) is 17.7 Å². The molecule has 2 aromatic rings. The number of hydrogen-bond acceptors (Lipinski definition) is 6. The number of aryl methyl sites for hydroxylation is 1. The van der Waals surface area contributed by atoms with Crippen LogP contribution in [0.25, 0.3) is 10.2 Å². The summed E-state index contributed by atoms with van der Waals surface area (Å²) in [5, 5.41) is 1.15. The third-order valence-electron chi connectivity index (χ3n) is 4.05. The third kappa shape index (κ3) is 3.11. The molecular weight excluding hydrogens is 282 g/mol. The summed E-state index contributed by atoms with van der Waals surface area (Å²) < 4.78 is 0. The zero-order valence-corrected chi connectivity index (χ0v) is 13.8. The summed E-state index contributed by atoms with van der Waals surface area (Å²) in [6.07, 6.45) is 2.43. The lowest BCUT2D eigenvalue weighted by Crippen LogP contribution is -2.37. The minimum absolute atomic E-state index is 0.384. The van der Waals surface area contributed by atoms with Crippen LogP contribution in [0.5, 0.6) is 0 Å². The first-order valence-electron chi connectivity index (χ1n) is 7.46. The molecule has 6 heteroatoms. The van der Waals surface area contributed by atoms with Crippen LogP contribution in [0, 0.1) is 12.8 Å². The molecule has 0 unspecified atom stereocenters. The van der Waals surface area contributed by atoms with Gasteiger partial charge in [0.1, 0.15) is 10.6 Å². The molecule has 3 heterocycles. The average Bonchev–Trinajstić information content (AvgIpc) is 2.78. The van der Waals surface area contributed by atoms with E-state index in [0.29, 0.717) is 5.95 Å². The topological polar surface area (TPSA) is 58.3 Å². The van der Waals surface area contributed by atoms with Crippen molar-refractivity contribution in [1.82, 2.24) is 14.9 Å². The van der Waals surface area contributed by atoms with Crippen molar-refractivity contribution in [3.8, 4) is 0 Å². The molecule has 2 N–H and O–H groups in total. The highest BCUT2D eigenvalue weighted by Crippen LogP contribution is 2.33. The van der Waals surface area contributed by atoms with E-state index in [2.05, 4.69) is 46.9 Å². The molecule has 1 aliphatic heterocycles. The minimum atomic E-state index is 0.384. The van der Waals surface area contributed by atoms with Crippen LogP contribution in [-0.2, 0) is 0 Å². The smallest absolute Gasteiger partial charge is 0.223 e. The third-order valence-corrected chi connectivity index (χ3v) is 4.99. The van der Waals surface area contributed by atoms with Crippen LogP contribution < -0.4 is 10.6 Å². The maximum Gasteiger partial charge on any atom is 0.223 e. The predicted octanol–water partition coefficient (Wildman–Crippen LogP) is 2.36. The Labute approximate surface area is 129 Å². The number of anilines is 2. The Morgan fingerprint density at radius 3 is 2.71 bits per heavy atom. The van der Waals surface area contributed by atoms with Crippen molar-refractivity contribution in [1.29, 1.82) is 0 Å². The fourth-order valence-electron chi connectivity index (χ4n) is 3.13. The fourth-order valence-corrected chi connectivity index (χ4v) is 4.01. The van der Waals surface area contributed by atoms with E-state index in [-0.39, 0.29) is 0 Å². The molecule has 0 radical (unpaired) electrons. The summed E-state index contributed by atoms with van der Waals surface area (Å²) in [5.41, 5.74) is 5.88. The van der Waals surface area contributed by atoms with Crippen molar-refractivity contribution < 1.29 is 0 Å². The van der Waals surface area contributed by atoms with E-state index in [0.717, 1.165) is 35.0 Å². The van der Waals surface area contributed by atoms with Crippen molar-refractivity contribution >= 4 is 33.3 Å². The van der Waals surface area contributed by atoms with Crippen molar-refractivity contribution in [3.05, 3.63) is 10.9 Å². The number of hydrogen-bond donors (Lipinski definition) is 1. The predicted molar refractivity (Wildman–Crippen MR) is 90.1 cm³/mol. The second kappa shape index (κ2) is 5.77. The lowest BCUT2D eigenvalue weighted by molar-refractivity contribution is 0.285. The summed E-state index contributed by atoms with van der Waals surface area (Å²) >= 11 is 1.69. The Morgan fingerprint density at radius 1 is 1.33 bits per heavy atom. The molecule has 0 saturated carbocycles. The number of aromatic nitrogens is 2. The van der Waals surface area contributed by atoms with Crippen LogP contribution in [0.4, 0.5) is 11.8 Å². The molecule has 0 spiro atoms. The fraction of sp³-hybridized carbons (Fsp3) is 0.600. The highest BCUT2D eigenvalue weighted by atomic mass is 32.1. The van der Waals surface area contributed by atoms with Gasteiger partial charge in [0.15, 0.2) is 0 Å². The summed E-state index contributed by atoms with van der Waals surface area (Å²) in [6.45, 7) is 5.39. The monoisotopic (exact) mass is 305 g/mol. The number of rotatable bonds is 3. The van der Waals surface area contributed by atoms with Crippen LogP contribution in [0.15, 0.2) is 6.07 Å². The van der Waals surface area contributed by atoms with E-state index >= 15 is 0 Å². The van der Waals surface area contributed by atoms with Crippen LogP contribution in [-0.4, -0.2) is 48.6 Å². The normalized spacial score (nSPS) is 17.0. The van der Waals surface area contributed by atoms with Gasteiger partial charge in [0.2, 0.25) is 5.95 Å². The molecule has 114 valence electrons. The van der Waals surface area contributed by atoms with E-state index in [1.165, 1.54) is 24.3 Å². The molecule has 0 amide bonds. The number of nitrogen functional groups attached to an aromatic ring is 1. The van der Waals surface area contributed by atoms with Gasteiger partial charge < -0.3 is 15.5 Å². The standard InChI is InChI=1S/C15H23N5S/c1-10-8-12-13(17-15(16)18-14(12)21-10)20-6-4-11(5-7-20)9-19(2)3/h8,11H,4-7,9H2,1-3H3,(H2,16,17,18). The van der Waals surface area contributed by atoms with Gasteiger partial charge >= 0.3 is 0 Å². The van der Waals surface area contributed by atoms with Gasteiger partial charge in [0.05, 0.1) is 5.39 Å². The Hall–Kier alpha value is -1.40. The highest BCUT2D eigenvalue weighted by molar-refractivity contribution is 7.18. The molecule has 0 aliphatic carbocycles. The van der Waals surface area contributed by atoms with Crippen LogP contribution in [0.2, 0.25) is 0 Å². The van der Waals surface area contributed by atoms with Gasteiger partial charge in [0.25, 0.3) is 0 Å². The Kier molecular flexibility index (Phi) is 3.99. The van der Waals surface area contributed by atoms with Gasteiger partial charge in [-0.25, -0.2) is 4.98 Å². The van der Waals surface area contributed by atoms with Crippen molar-refractivity contribution in [2.45, 2.75) is 19.8 Å². The summed E-state index contributed by atoms with van der Waals surface area (Å²) in [5.74, 6) is 2.19. The van der Waals surface area contributed by atoms with E-state index in [1.807, 2.05) is 0 Å². The lowest BCUT2D eigenvalue weighted by atomic mass is 9.96. The van der Waals surface area contributed by atoms with Gasteiger partial charge in [0, 0.05) is 24.5 Å². The first-order valence-corrected chi connectivity index (χ1v) is 8.28. The number of thiophene rings is 1. The molecule has 0 aromatic carbocycles. The Bertz CT molecular complexity index is 628. The number of piperidine rings is 1. The maximum atomic E-state index is 5.88. The van der Waals surface area contributed by atoms with E-state index in [4.69, 9.17) is 5.73 Å². The summed E-state index contributed by atoms with van der Waals surface area (Å²) in [4.78, 5) is 15.8. The van der Waals surface area contributed by atoms with Gasteiger partial charge in [-0.15, -0.1) is 11.3 Å². The van der Waals surface area contributed by atoms with Gasteiger partial charge in [-0.05, 0) is 45.8 Å². The highest BCUT2D eigenvalue weighted by Gasteiger charge is 2.23. The van der Waals surface area contributed by atoms with E-state index in [9.17, 15) is 0 Å². The van der Waals surface area contributed by atoms with Crippen molar-refractivity contribution in [3.63, 3.8) is 0 Å². The maximum absolute atomic E-state index is 5.88. The molecule has 21 heavy (non-hydrogen) atoms. The van der Waals surface area contributed by atoms with Crippen molar-refractivity contribution in [2.24, 2.45) is 5.92 Å². The quantitative estimate of drug-likeness (QED) is 0.943. The molecular formula is C15H23N5S. The molecule has 1 saturated heterocycles. The van der Waals surface area contributed by atoms with Gasteiger partial charge in [-0.3, -0.25) is 0 Å². The molecule has 2 aromatic heterocycles. The first kappa shape index (κ1) is 14.5. The van der Waals surface area contributed by atoms with Gasteiger partial charge in [-0.2, -0.15) is 4.98 Å². The van der Waals surface area contributed by atoms with E-state index in [1.54, 1.807) is 11.3 Å². The van der Waals surface area contributed by atoms with Crippen LogP contribution >= 0.6 is 11.3 Å². The molecule has 1 aliphatic rings. The molecule has 0 atom stereocenters. The van der Waals surface area contributed by atoms with Gasteiger partial charge in [-0.1, -0.05) is 0 Å². The zero-order chi connectivity index (χ0) is 15.0. The summed E-state index contributed by atoms with van der Waals surface area (Å²) in [7, 11) is 4.30. The SMILES string of the molecule is Cc1cc2c(N3CCC(CN(C)C)CC3)nc(N)nc2s1. The second-order valence-corrected chi connectivity index (χ2v) is 7.41. The Balaban J connectivity index is 1.82. The Morgan fingerprint density at radius 2 is 2.05 bits per heavy atom. The largest absolute Gasteiger partial charge is 0.368 e. The lowest BCUT2D eigenvalue weighted by Gasteiger charge is -2.34. The van der Waals surface area contributed by atoms with E-state index < -0.39 is 0 Å². The minimum Gasteiger partial charge on any atom is -0.368 e. The zero-order valence-electron chi connectivity index (χ0n) is 13.0.